The lowest BCUT2D eigenvalue weighted by atomic mass is 10.3. The summed E-state index contributed by atoms with van der Waals surface area (Å²) in [6.45, 7) is 0.809. The zero-order chi connectivity index (χ0) is 20.8. The van der Waals surface area contributed by atoms with Crippen molar-refractivity contribution >= 4 is 43.7 Å². The molecule has 28 heavy (non-hydrogen) atoms. The molecule has 6 N–H and O–H groups in total. The van der Waals surface area contributed by atoms with E-state index in [4.69, 9.17) is 10.3 Å². The minimum absolute atomic E-state index is 0.0512. The molecule has 0 saturated heterocycles. The molecule has 0 aliphatic rings. The molecular formula is C14H21N7O5S2. The number of hydrogen-bond acceptors (Lipinski definition) is 10. The lowest BCUT2D eigenvalue weighted by Crippen LogP contribution is -2.23. The van der Waals surface area contributed by atoms with E-state index in [1.807, 2.05) is 0 Å². The first-order valence-electron chi connectivity index (χ1n) is 8.07. The Hall–Kier alpha value is -2.55. The van der Waals surface area contributed by atoms with Crippen LogP contribution in [0.1, 0.15) is 12.8 Å². The van der Waals surface area contributed by atoms with E-state index in [9.17, 15) is 16.8 Å². The molecule has 0 aliphatic carbocycles. The van der Waals surface area contributed by atoms with E-state index in [0.717, 1.165) is 6.26 Å². The van der Waals surface area contributed by atoms with Crippen LogP contribution in [-0.4, -0.2) is 55.7 Å². The largest absolute Gasteiger partial charge is 0.368 e. The second kappa shape index (κ2) is 9.09. The minimum Gasteiger partial charge on any atom is -0.368 e. The van der Waals surface area contributed by atoms with Gasteiger partial charge in [0.15, 0.2) is 0 Å². The van der Waals surface area contributed by atoms with Crippen molar-refractivity contribution in [1.29, 1.82) is 0 Å². The van der Waals surface area contributed by atoms with Crippen LogP contribution in [0.3, 0.4) is 0 Å². The van der Waals surface area contributed by atoms with Gasteiger partial charge in [0, 0.05) is 18.8 Å². The summed E-state index contributed by atoms with van der Waals surface area (Å²) in [5, 5.41) is 5.74. The molecule has 154 valence electrons. The number of rotatable bonds is 10. The molecule has 12 nitrogen and oxygen atoms in total. The average molecular weight is 432 g/mol. The summed E-state index contributed by atoms with van der Waals surface area (Å²) < 4.78 is 55.9. The predicted octanol–water partition coefficient (Wildman–Crippen LogP) is 0.185. The normalized spacial score (nSPS) is 11.9. The molecule has 0 fully saturated rings. The number of nitrogen functional groups attached to an aromatic ring is 1. The van der Waals surface area contributed by atoms with Crippen LogP contribution in [0.2, 0.25) is 0 Å². The fourth-order valence-electron chi connectivity index (χ4n) is 2.10. The topological polar surface area (TPSA) is 189 Å². The van der Waals surface area contributed by atoms with E-state index >= 15 is 0 Å². The summed E-state index contributed by atoms with van der Waals surface area (Å²) >= 11 is 0. The Bertz CT molecular complexity index is 1030. The van der Waals surface area contributed by atoms with E-state index in [-0.39, 0.29) is 22.7 Å². The van der Waals surface area contributed by atoms with Crippen LogP contribution in [0, 0.1) is 0 Å². The minimum atomic E-state index is -4.34. The summed E-state index contributed by atoms with van der Waals surface area (Å²) in [7, 11) is -7.53. The summed E-state index contributed by atoms with van der Waals surface area (Å²) in [6, 6.07) is 5.47. The van der Waals surface area contributed by atoms with Crippen molar-refractivity contribution in [3.8, 4) is 0 Å². The molecule has 2 aromatic rings. The van der Waals surface area contributed by atoms with E-state index in [1.165, 1.54) is 18.2 Å². The third-order valence-corrected chi connectivity index (χ3v) is 4.87. The Morgan fingerprint density at radius 3 is 2.39 bits per heavy atom. The van der Waals surface area contributed by atoms with Crippen LogP contribution in [0.15, 0.2) is 29.2 Å². The number of nitrogens with two attached hydrogens (primary N) is 1. The van der Waals surface area contributed by atoms with Gasteiger partial charge in [-0.1, -0.05) is 6.07 Å². The van der Waals surface area contributed by atoms with E-state index in [0.29, 0.717) is 31.6 Å². The Kier molecular flexibility index (Phi) is 7.06. The molecule has 0 aliphatic heterocycles. The number of aromatic nitrogens is 3. The molecule has 14 heteroatoms. The Balaban J connectivity index is 1.96. The van der Waals surface area contributed by atoms with Gasteiger partial charge in [0.05, 0.1) is 11.2 Å². The third-order valence-electron chi connectivity index (χ3n) is 3.29. The number of sulfonamides is 1. The van der Waals surface area contributed by atoms with Gasteiger partial charge in [-0.3, -0.25) is 4.55 Å². The molecule has 0 amide bonds. The maximum atomic E-state index is 11.2. The van der Waals surface area contributed by atoms with Crippen molar-refractivity contribution in [2.24, 2.45) is 0 Å². The van der Waals surface area contributed by atoms with Crippen molar-refractivity contribution < 1.29 is 21.4 Å². The Morgan fingerprint density at radius 1 is 1.04 bits per heavy atom. The van der Waals surface area contributed by atoms with Crippen molar-refractivity contribution in [1.82, 2.24) is 19.7 Å². The van der Waals surface area contributed by atoms with Crippen LogP contribution in [0.25, 0.3) is 0 Å². The second-order valence-electron chi connectivity index (χ2n) is 5.77. The molecule has 0 unspecified atom stereocenters. The Morgan fingerprint density at radius 2 is 1.71 bits per heavy atom. The molecule has 0 atom stereocenters. The highest BCUT2D eigenvalue weighted by Crippen LogP contribution is 2.19. The molecular weight excluding hydrogens is 410 g/mol. The fraction of sp³-hybridized carbons (Fsp3) is 0.357. The van der Waals surface area contributed by atoms with E-state index < -0.39 is 20.1 Å². The van der Waals surface area contributed by atoms with Crippen molar-refractivity contribution in [2.45, 2.75) is 17.7 Å². The SMILES string of the molecule is CS(=O)(=O)NCCCCNc1nc(N)nc(Nc2cccc(S(=O)(=O)O)c2)n1. The summed E-state index contributed by atoms with van der Waals surface area (Å²) in [5.74, 6) is 0.239. The lowest BCUT2D eigenvalue weighted by molar-refractivity contribution is 0.483. The van der Waals surface area contributed by atoms with Gasteiger partial charge in [-0.25, -0.2) is 13.1 Å². The van der Waals surface area contributed by atoms with Crippen molar-refractivity contribution in [3.05, 3.63) is 24.3 Å². The maximum absolute atomic E-state index is 11.2. The number of anilines is 4. The van der Waals surface area contributed by atoms with E-state index in [2.05, 4.69) is 30.3 Å². The molecule has 1 aromatic heterocycles. The molecule has 1 aromatic carbocycles. The van der Waals surface area contributed by atoms with Gasteiger partial charge >= 0.3 is 0 Å². The number of nitrogens with one attached hydrogen (secondary N) is 3. The molecule has 0 spiro atoms. The van der Waals surface area contributed by atoms with E-state index in [1.54, 1.807) is 6.07 Å². The van der Waals surface area contributed by atoms with Crippen LogP contribution in [0.5, 0.6) is 0 Å². The zero-order valence-corrected chi connectivity index (χ0v) is 16.6. The van der Waals surface area contributed by atoms with Crippen LogP contribution in [0.4, 0.5) is 23.5 Å². The third kappa shape index (κ3) is 7.59. The van der Waals surface area contributed by atoms with Gasteiger partial charge in [0.2, 0.25) is 27.9 Å². The average Bonchev–Trinajstić information content (AvgIpc) is 2.56. The molecule has 0 radical (unpaired) electrons. The summed E-state index contributed by atoms with van der Waals surface area (Å²) in [5.41, 5.74) is 5.99. The number of benzene rings is 1. The summed E-state index contributed by atoms with van der Waals surface area (Å²) in [6.07, 6.45) is 2.38. The van der Waals surface area contributed by atoms with Gasteiger partial charge in [-0.15, -0.1) is 0 Å². The standard InChI is InChI=1S/C14H21N7O5S2/c1-27(22,23)17-8-3-2-7-16-13-19-12(15)20-14(21-13)18-10-5-4-6-11(9-10)28(24,25)26/h4-6,9,17H,2-3,7-8H2,1H3,(H,24,25,26)(H4,15,16,18,19,20,21). The van der Waals surface area contributed by atoms with Gasteiger partial charge < -0.3 is 16.4 Å². The molecule has 0 saturated carbocycles. The maximum Gasteiger partial charge on any atom is 0.294 e. The monoisotopic (exact) mass is 431 g/mol. The smallest absolute Gasteiger partial charge is 0.294 e. The van der Waals surface area contributed by atoms with Crippen LogP contribution >= 0.6 is 0 Å². The fourth-order valence-corrected chi connectivity index (χ4v) is 3.14. The highest BCUT2D eigenvalue weighted by Gasteiger charge is 2.11. The number of hydrogen-bond donors (Lipinski definition) is 5. The predicted molar refractivity (Wildman–Crippen MR) is 104 cm³/mol. The highest BCUT2D eigenvalue weighted by atomic mass is 32.2. The highest BCUT2D eigenvalue weighted by molar-refractivity contribution is 7.88. The summed E-state index contributed by atoms with van der Waals surface area (Å²) in [4.78, 5) is 11.7. The van der Waals surface area contributed by atoms with Gasteiger partial charge in [0.1, 0.15) is 0 Å². The number of nitrogens with zero attached hydrogens (tertiary/aromatic N) is 3. The zero-order valence-electron chi connectivity index (χ0n) is 15.0. The van der Waals surface area contributed by atoms with Crippen molar-refractivity contribution in [3.63, 3.8) is 0 Å². The quantitative estimate of drug-likeness (QED) is 0.255. The van der Waals surface area contributed by atoms with Crippen LogP contribution < -0.4 is 21.1 Å². The van der Waals surface area contributed by atoms with Crippen LogP contribution in [-0.2, 0) is 20.1 Å². The van der Waals surface area contributed by atoms with Gasteiger partial charge in [-0.2, -0.15) is 23.4 Å². The number of unbranched alkanes of at least 4 members (excludes halogenated alkanes) is 1. The van der Waals surface area contributed by atoms with Gasteiger partial charge in [0.25, 0.3) is 10.1 Å². The molecule has 0 bridgehead atoms. The first kappa shape index (κ1) is 21.7. The second-order valence-corrected chi connectivity index (χ2v) is 9.02. The van der Waals surface area contributed by atoms with Gasteiger partial charge in [-0.05, 0) is 31.0 Å². The van der Waals surface area contributed by atoms with Crippen molar-refractivity contribution in [2.75, 3.05) is 35.7 Å². The first-order valence-corrected chi connectivity index (χ1v) is 11.4. The lowest BCUT2D eigenvalue weighted by Gasteiger charge is -2.09. The Labute approximate surface area is 162 Å². The first-order chi connectivity index (χ1) is 13.0. The molecule has 1 heterocycles. The molecule has 2 rings (SSSR count).